The van der Waals surface area contributed by atoms with Crippen molar-refractivity contribution in [3.63, 3.8) is 0 Å². The molecule has 0 aliphatic rings. The van der Waals surface area contributed by atoms with E-state index in [2.05, 4.69) is 71.6 Å². The molecule has 0 N–H and O–H groups in total. The molecule has 0 radical (unpaired) electrons. The second-order valence-corrected chi connectivity index (χ2v) is 10.3. The Bertz CT molecular complexity index is 1650. The number of benzene rings is 3. The van der Waals surface area contributed by atoms with E-state index in [4.69, 9.17) is 26.6 Å². The van der Waals surface area contributed by atoms with Gasteiger partial charge < -0.3 is 0 Å². The number of rotatable bonds is 9. The van der Waals surface area contributed by atoms with E-state index in [1.54, 1.807) is 0 Å². The summed E-state index contributed by atoms with van der Waals surface area (Å²) in [4.78, 5) is 17.3. The number of hydrogen-bond acceptors (Lipinski definition) is 4. The molecule has 0 unspecified atom stereocenters. The summed E-state index contributed by atoms with van der Waals surface area (Å²) in [5.41, 5.74) is 8.87. The van der Waals surface area contributed by atoms with Crippen LogP contribution in [0.15, 0.2) is 140 Å². The molecule has 0 aliphatic carbocycles. The predicted octanol–water partition coefficient (Wildman–Crippen LogP) is 8.73. The Morgan fingerprint density at radius 2 is 0.829 bits per heavy atom. The van der Waals surface area contributed by atoms with Gasteiger partial charge in [-0.1, -0.05) is 109 Å². The highest BCUT2D eigenvalue weighted by atomic mass is 35.5. The molecule has 3 aromatic carbocycles. The average Bonchev–Trinajstić information content (AvgIpc) is 3.02. The fourth-order valence-corrected chi connectivity index (χ4v) is 5.15. The highest BCUT2D eigenvalue weighted by Gasteiger charge is 2.14. The molecule has 41 heavy (non-hydrogen) atoms. The number of aromatic nitrogens is 3. The molecule has 0 saturated heterocycles. The van der Waals surface area contributed by atoms with E-state index >= 15 is 0 Å². The molecular weight excluding hydrogens is 524 g/mol. The first-order chi connectivity index (χ1) is 20.2. The minimum absolute atomic E-state index is 0.632. The number of hydrogen-bond donors (Lipinski definition) is 0. The van der Waals surface area contributed by atoms with Crippen molar-refractivity contribution in [2.24, 2.45) is 0 Å². The van der Waals surface area contributed by atoms with E-state index in [-0.39, 0.29) is 0 Å². The van der Waals surface area contributed by atoms with E-state index in [1.165, 1.54) is 0 Å². The monoisotopic (exact) mass is 552 g/mol. The van der Waals surface area contributed by atoms with Gasteiger partial charge in [-0.2, -0.15) is 0 Å². The molecule has 200 valence electrons. The molecule has 3 aromatic heterocycles. The van der Waals surface area contributed by atoms with Crippen LogP contribution in [0, 0.1) is 0 Å². The van der Waals surface area contributed by atoms with Crippen LogP contribution in [0.25, 0.3) is 33.8 Å². The predicted molar refractivity (Wildman–Crippen MR) is 167 cm³/mol. The zero-order valence-corrected chi connectivity index (χ0v) is 23.3. The quantitative estimate of drug-likeness (QED) is 0.180. The Balaban J connectivity index is 1.31. The Morgan fingerprint density at radius 1 is 0.415 bits per heavy atom. The molecule has 0 atom stereocenters. The van der Waals surface area contributed by atoms with Gasteiger partial charge in [-0.15, -0.1) is 0 Å². The third-order valence-electron chi connectivity index (χ3n) is 6.87. The van der Waals surface area contributed by atoms with Crippen molar-refractivity contribution >= 4 is 11.6 Å². The summed E-state index contributed by atoms with van der Waals surface area (Å²) in [5, 5.41) is 0.692. The SMILES string of the molecule is Clc1ccccc1-c1cccc(CN(Cc2cccc(-c3ccccc3)n2)Cc2cccc(-c3ccccc3)n2)n1. The molecule has 6 aromatic rings. The molecule has 0 fully saturated rings. The Labute approximate surface area is 246 Å². The van der Waals surface area contributed by atoms with Crippen LogP contribution in [0.3, 0.4) is 0 Å². The van der Waals surface area contributed by atoms with Gasteiger partial charge in [-0.25, -0.2) is 0 Å². The zero-order chi connectivity index (χ0) is 27.9. The topological polar surface area (TPSA) is 41.9 Å². The molecule has 0 spiro atoms. The molecule has 4 nitrogen and oxygen atoms in total. The normalized spacial score (nSPS) is 11.1. The maximum Gasteiger partial charge on any atom is 0.0720 e. The van der Waals surface area contributed by atoms with Crippen molar-refractivity contribution < 1.29 is 0 Å². The molecule has 6 rings (SSSR count). The van der Waals surface area contributed by atoms with E-state index in [9.17, 15) is 0 Å². The standard InChI is InChI=1S/C36H29ClN4/c37-33-20-8-7-19-32(33)36-23-11-18-31(40-36)26-41(24-29-16-9-21-34(38-29)27-12-3-1-4-13-27)25-30-17-10-22-35(39-30)28-14-5-2-6-15-28/h1-23H,24-26H2. The fraction of sp³-hybridized carbons (Fsp3) is 0.0833. The van der Waals surface area contributed by atoms with Crippen molar-refractivity contribution in [3.05, 3.63) is 162 Å². The van der Waals surface area contributed by atoms with Gasteiger partial charge in [0, 0.05) is 41.3 Å². The molecule has 3 heterocycles. The van der Waals surface area contributed by atoms with Crippen LogP contribution in [0.5, 0.6) is 0 Å². The summed E-state index contributed by atoms with van der Waals surface area (Å²) in [6.07, 6.45) is 0. The third kappa shape index (κ3) is 6.75. The summed E-state index contributed by atoms with van der Waals surface area (Å²) in [7, 11) is 0. The van der Waals surface area contributed by atoms with Crippen LogP contribution in [-0.2, 0) is 19.6 Å². The van der Waals surface area contributed by atoms with E-state index in [0.29, 0.717) is 24.7 Å². The molecular formula is C36H29ClN4. The first-order valence-electron chi connectivity index (χ1n) is 13.7. The maximum absolute atomic E-state index is 6.50. The van der Waals surface area contributed by atoms with Gasteiger partial charge >= 0.3 is 0 Å². The Kier molecular flexibility index (Phi) is 8.22. The first-order valence-corrected chi connectivity index (χ1v) is 14.0. The smallest absolute Gasteiger partial charge is 0.0720 e. The number of pyridine rings is 3. The summed E-state index contributed by atoms with van der Waals surface area (Å²) < 4.78 is 0. The van der Waals surface area contributed by atoms with Crippen molar-refractivity contribution in [1.29, 1.82) is 0 Å². The van der Waals surface area contributed by atoms with E-state index in [1.807, 2.05) is 72.8 Å². The molecule has 0 amide bonds. The fourth-order valence-electron chi connectivity index (χ4n) is 4.92. The van der Waals surface area contributed by atoms with Gasteiger partial charge in [0.25, 0.3) is 0 Å². The van der Waals surface area contributed by atoms with Crippen LogP contribution in [-0.4, -0.2) is 19.9 Å². The molecule has 0 saturated carbocycles. The second kappa shape index (κ2) is 12.7. The van der Waals surface area contributed by atoms with Crippen LogP contribution >= 0.6 is 11.6 Å². The zero-order valence-electron chi connectivity index (χ0n) is 22.6. The lowest BCUT2D eigenvalue weighted by atomic mass is 10.1. The largest absolute Gasteiger partial charge is 0.286 e. The van der Waals surface area contributed by atoms with Gasteiger partial charge in [0.1, 0.15) is 0 Å². The van der Waals surface area contributed by atoms with Crippen LogP contribution < -0.4 is 0 Å². The summed E-state index contributed by atoms with van der Waals surface area (Å²) >= 11 is 6.50. The lowest BCUT2D eigenvalue weighted by Gasteiger charge is -2.22. The van der Waals surface area contributed by atoms with Gasteiger partial charge in [-0.3, -0.25) is 19.9 Å². The average molecular weight is 553 g/mol. The van der Waals surface area contributed by atoms with Gasteiger partial charge in [0.2, 0.25) is 0 Å². The van der Waals surface area contributed by atoms with Gasteiger partial charge in [-0.05, 0) is 42.5 Å². The van der Waals surface area contributed by atoms with Crippen LogP contribution in [0.2, 0.25) is 5.02 Å². The minimum atomic E-state index is 0.632. The number of halogens is 1. The lowest BCUT2D eigenvalue weighted by Crippen LogP contribution is -2.24. The second-order valence-electron chi connectivity index (χ2n) is 9.90. The van der Waals surface area contributed by atoms with Crippen molar-refractivity contribution in [2.75, 3.05) is 0 Å². The number of nitrogens with zero attached hydrogens (tertiary/aromatic N) is 4. The lowest BCUT2D eigenvalue weighted by molar-refractivity contribution is 0.239. The van der Waals surface area contributed by atoms with Gasteiger partial charge in [0.15, 0.2) is 0 Å². The Hall–Kier alpha value is -4.64. The highest BCUT2D eigenvalue weighted by Crippen LogP contribution is 2.27. The van der Waals surface area contributed by atoms with E-state index in [0.717, 1.165) is 50.9 Å². The van der Waals surface area contributed by atoms with Crippen LogP contribution in [0.1, 0.15) is 17.1 Å². The van der Waals surface area contributed by atoms with E-state index < -0.39 is 0 Å². The minimum Gasteiger partial charge on any atom is -0.286 e. The summed E-state index contributed by atoms with van der Waals surface area (Å²) in [6.45, 7) is 1.93. The van der Waals surface area contributed by atoms with Gasteiger partial charge in [0.05, 0.1) is 34.2 Å². The third-order valence-corrected chi connectivity index (χ3v) is 7.20. The molecule has 0 bridgehead atoms. The molecule has 0 aliphatic heterocycles. The van der Waals surface area contributed by atoms with Crippen molar-refractivity contribution in [2.45, 2.75) is 19.6 Å². The van der Waals surface area contributed by atoms with Crippen molar-refractivity contribution in [1.82, 2.24) is 19.9 Å². The highest BCUT2D eigenvalue weighted by molar-refractivity contribution is 6.33. The Morgan fingerprint density at radius 3 is 1.32 bits per heavy atom. The first kappa shape index (κ1) is 26.6. The summed E-state index contributed by atoms with van der Waals surface area (Å²) in [5.74, 6) is 0. The molecule has 5 heteroatoms. The maximum atomic E-state index is 6.50. The summed E-state index contributed by atoms with van der Waals surface area (Å²) in [6, 6.07) is 46.9. The van der Waals surface area contributed by atoms with Crippen molar-refractivity contribution in [3.8, 4) is 33.8 Å². The van der Waals surface area contributed by atoms with Crippen LogP contribution in [0.4, 0.5) is 0 Å².